The highest BCUT2D eigenvalue weighted by molar-refractivity contribution is 6.30. The Labute approximate surface area is 133 Å². The van der Waals surface area contributed by atoms with E-state index in [0.717, 1.165) is 0 Å². The number of hydrogen-bond acceptors (Lipinski definition) is 4. The quantitative estimate of drug-likeness (QED) is 0.604. The van der Waals surface area contributed by atoms with E-state index in [4.69, 9.17) is 21.1 Å². The molecule has 0 N–H and O–H groups in total. The van der Waals surface area contributed by atoms with Crippen LogP contribution in [0.15, 0.2) is 54.6 Å². The van der Waals surface area contributed by atoms with Crippen molar-refractivity contribution in [2.75, 3.05) is 6.61 Å². The molecule has 0 amide bonds. The molecule has 2 rings (SSSR count). The second-order valence-electron chi connectivity index (χ2n) is 4.61. The molecule has 5 heteroatoms. The van der Waals surface area contributed by atoms with E-state index in [1.54, 1.807) is 55.5 Å². The number of carbonyl (C=O) groups is 2. The smallest absolute Gasteiger partial charge is 0.347 e. The lowest BCUT2D eigenvalue weighted by Gasteiger charge is -2.13. The lowest BCUT2D eigenvalue weighted by molar-refractivity contribution is -0.149. The van der Waals surface area contributed by atoms with Gasteiger partial charge in [0.25, 0.3) is 0 Å². The second kappa shape index (κ2) is 7.61. The Morgan fingerprint density at radius 1 is 1.05 bits per heavy atom. The fraction of sp³-hybridized carbons (Fsp3) is 0.176. The van der Waals surface area contributed by atoms with Crippen LogP contribution in [0.25, 0.3) is 0 Å². The summed E-state index contributed by atoms with van der Waals surface area (Å²) in [5.74, 6) is -0.320. The van der Waals surface area contributed by atoms with Gasteiger partial charge in [-0.15, -0.1) is 0 Å². The summed E-state index contributed by atoms with van der Waals surface area (Å²) in [6.07, 6.45) is -0.791. The number of rotatable bonds is 6. The van der Waals surface area contributed by atoms with Crippen molar-refractivity contribution in [1.29, 1.82) is 0 Å². The lowest BCUT2D eigenvalue weighted by atomic mass is 10.1. The molecule has 0 aromatic heterocycles. The molecular weight excluding hydrogens is 304 g/mol. The molecule has 0 aliphatic carbocycles. The summed E-state index contributed by atoms with van der Waals surface area (Å²) < 4.78 is 10.4. The van der Waals surface area contributed by atoms with Gasteiger partial charge in [0, 0.05) is 10.6 Å². The largest absolute Gasteiger partial charge is 0.479 e. The first-order valence-corrected chi connectivity index (χ1v) is 7.11. The summed E-state index contributed by atoms with van der Waals surface area (Å²) in [4.78, 5) is 23.7. The first kappa shape index (κ1) is 16.0. The zero-order valence-corrected chi connectivity index (χ0v) is 12.7. The van der Waals surface area contributed by atoms with Crippen LogP contribution < -0.4 is 4.74 Å². The number of Topliss-reactive ketones (excluding diaryl/α,β-unsaturated/α-hetero) is 1. The van der Waals surface area contributed by atoms with E-state index < -0.39 is 12.1 Å². The van der Waals surface area contributed by atoms with Crippen molar-refractivity contribution in [3.63, 3.8) is 0 Å². The van der Waals surface area contributed by atoms with Gasteiger partial charge in [-0.1, -0.05) is 29.8 Å². The van der Waals surface area contributed by atoms with Crippen molar-refractivity contribution in [2.45, 2.75) is 13.0 Å². The van der Waals surface area contributed by atoms with Crippen LogP contribution >= 0.6 is 11.6 Å². The first-order chi connectivity index (χ1) is 10.6. The number of ether oxygens (including phenoxy) is 2. The maximum Gasteiger partial charge on any atom is 0.347 e. The molecule has 114 valence electrons. The van der Waals surface area contributed by atoms with Crippen LogP contribution in [0.4, 0.5) is 0 Å². The molecule has 0 radical (unpaired) electrons. The molecule has 0 fully saturated rings. The highest BCUT2D eigenvalue weighted by Gasteiger charge is 2.18. The topological polar surface area (TPSA) is 52.6 Å². The van der Waals surface area contributed by atoms with Gasteiger partial charge in [0.15, 0.2) is 18.5 Å². The third-order valence-electron chi connectivity index (χ3n) is 2.90. The van der Waals surface area contributed by atoms with Crippen LogP contribution in [0.5, 0.6) is 5.75 Å². The van der Waals surface area contributed by atoms with Gasteiger partial charge in [-0.2, -0.15) is 0 Å². The zero-order chi connectivity index (χ0) is 15.9. The number of esters is 1. The van der Waals surface area contributed by atoms with E-state index in [0.29, 0.717) is 16.3 Å². The van der Waals surface area contributed by atoms with Crippen molar-refractivity contribution in [3.8, 4) is 5.75 Å². The van der Waals surface area contributed by atoms with Crippen molar-refractivity contribution in [2.24, 2.45) is 0 Å². The van der Waals surface area contributed by atoms with Crippen LogP contribution in [0.1, 0.15) is 17.3 Å². The summed E-state index contributed by atoms with van der Waals surface area (Å²) >= 11 is 5.75. The molecule has 1 unspecified atom stereocenters. The SMILES string of the molecule is CC(Oc1ccccc1)C(=O)OCC(=O)c1ccc(Cl)cc1. The van der Waals surface area contributed by atoms with Gasteiger partial charge in [0.1, 0.15) is 5.75 Å². The molecular formula is C17H15ClO4. The van der Waals surface area contributed by atoms with Crippen LogP contribution in [-0.4, -0.2) is 24.5 Å². The maximum absolute atomic E-state index is 11.9. The highest BCUT2D eigenvalue weighted by atomic mass is 35.5. The van der Waals surface area contributed by atoms with Gasteiger partial charge >= 0.3 is 5.97 Å². The Morgan fingerprint density at radius 3 is 2.32 bits per heavy atom. The predicted octanol–water partition coefficient (Wildman–Crippen LogP) is 3.53. The average Bonchev–Trinajstić information content (AvgIpc) is 2.53. The van der Waals surface area contributed by atoms with Crippen molar-refractivity contribution in [1.82, 2.24) is 0 Å². The Hall–Kier alpha value is -2.33. The van der Waals surface area contributed by atoms with E-state index in [1.807, 2.05) is 6.07 Å². The molecule has 1 atom stereocenters. The molecule has 0 aliphatic heterocycles. The summed E-state index contributed by atoms with van der Waals surface area (Å²) in [6.45, 7) is 1.24. The summed E-state index contributed by atoms with van der Waals surface area (Å²) in [7, 11) is 0. The third kappa shape index (κ3) is 4.60. The molecule has 0 saturated heterocycles. The van der Waals surface area contributed by atoms with E-state index in [1.165, 1.54) is 0 Å². The lowest BCUT2D eigenvalue weighted by Crippen LogP contribution is -2.28. The number of benzene rings is 2. The summed E-state index contributed by atoms with van der Waals surface area (Å²) in [5, 5.41) is 0.540. The Morgan fingerprint density at radius 2 is 1.68 bits per heavy atom. The van der Waals surface area contributed by atoms with Crippen molar-refractivity contribution >= 4 is 23.4 Å². The van der Waals surface area contributed by atoms with Gasteiger partial charge in [-0.3, -0.25) is 4.79 Å². The number of halogens is 1. The van der Waals surface area contributed by atoms with Crippen molar-refractivity contribution < 1.29 is 19.1 Å². The highest BCUT2D eigenvalue weighted by Crippen LogP contribution is 2.12. The van der Waals surface area contributed by atoms with E-state index in [-0.39, 0.29) is 12.4 Å². The Bertz CT molecular complexity index is 637. The van der Waals surface area contributed by atoms with Gasteiger partial charge in [0.2, 0.25) is 0 Å². The van der Waals surface area contributed by atoms with E-state index in [2.05, 4.69) is 0 Å². The van der Waals surface area contributed by atoms with Gasteiger partial charge < -0.3 is 9.47 Å². The summed E-state index contributed by atoms with van der Waals surface area (Å²) in [6, 6.07) is 15.3. The number of carbonyl (C=O) groups excluding carboxylic acids is 2. The number of hydrogen-bond donors (Lipinski definition) is 0. The molecule has 22 heavy (non-hydrogen) atoms. The predicted molar refractivity (Wildman–Crippen MR) is 83.3 cm³/mol. The van der Waals surface area contributed by atoms with Crippen LogP contribution in [0.3, 0.4) is 0 Å². The van der Waals surface area contributed by atoms with E-state index in [9.17, 15) is 9.59 Å². The maximum atomic E-state index is 11.9. The minimum absolute atomic E-state index is 0.295. The molecule has 0 bridgehead atoms. The fourth-order valence-electron chi connectivity index (χ4n) is 1.72. The minimum Gasteiger partial charge on any atom is -0.479 e. The van der Waals surface area contributed by atoms with Crippen molar-refractivity contribution in [3.05, 3.63) is 65.2 Å². The summed E-state index contributed by atoms with van der Waals surface area (Å²) in [5.41, 5.74) is 0.439. The Balaban J connectivity index is 1.84. The van der Waals surface area contributed by atoms with Gasteiger partial charge in [-0.05, 0) is 43.3 Å². The first-order valence-electron chi connectivity index (χ1n) is 6.73. The van der Waals surface area contributed by atoms with Gasteiger partial charge in [0.05, 0.1) is 0 Å². The fourth-order valence-corrected chi connectivity index (χ4v) is 1.85. The molecule has 0 heterocycles. The molecule has 0 saturated carbocycles. The normalized spacial score (nSPS) is 11.5. The van der Waals surface area contributed by atoms with Crippen LogP contribution in [0, 0.1) is 0 Å². The molecule has 0 spiro atoms. The minimum atomic E-state index is -0.791. The molecule has 4 nitrogen and oxygen atoms in total. The van der Waals surface area contributed by atoms with Gasteiger partial charge in [-0.25, -0.2) is 4.79 Å². The molecule has 0 aliphatic rings. The monoisotopic (exact) mass is 318 g/mol. The average molecular weight is 319 g/mol. The number of ketones is 1. The molecule has 2 aromatic carbocycles. The van der Waals surface area contributed by atoms with Crippen LogP contribution in [-0.2, 0) is 9.53 Å². The number of para-hydroxylation sites is 1. The Kier molecular flexibility index (Phi) is 5.55. The second-order valence-corrected chi connectivity index (χ2v) is 5.05. The van der Waals surface area contributed by atoms with E-state index >= 15 is 0 Å². The standard InChI is InChI=1S/C17H15ClO4/c1-12(22-15-5-3-2-4-6-15)17(20)21-11-16(19)13-7-9-14(18)10-8-13/h2-10,12H,11H2,1H3. The van der Waals surface area contributed by atoms with Crippen LogP contribution in [0.2, 0.25) is 5.02 Å². The molecule has 2 aromatic rings. The zero-order valence-electron chi connectivity index (χ0n) is 12.0. The third-order valence-corrected chi connectivity index (χ3v) is 3.15.